The van der Waals surface area contributed by atoms with E-state index in [4.69, 9.17) is 10.5 Å². The van der Waals surface area contributed by atoms with Crippen LogP contribution in [-0.4, -0.2) is 39.7 Å². The van der Waals surface area contributed by atoms with Crippen molar-refractivity contribution in [3.8, 4) is 5.75 Å². The van der Waals surface area contributed by atoms with Crippen molar-refractivity contribution in [2.45, 2.75) is 26.7 Å². The number of piperidine rings is 1. The molecule has 2 aromatic rings. The van der Waals surface area contributed by atoms with Gasteiger partial charge in [-0.1, -0.05) is 6.07 Å². The first-order valence-electron chi connectivity index (χ1n) is 9.36. The van der Waals surface area contributed by atoms with E-state index < -0.39 is 11.2 Å². The van der Waals surface area contributed by atoms with E-state index in [1.54, 1.807) is 0 Å². The maximum Gasteiger partial charge on any atom is 0.245 e. The Bertz CT molecular complexity index is 928. The van der Waals surface area contributed by atoms with E-state index in [0.717, 1.165) is 43.3 Å². The Kier molecular flexibility index (Phi) is 5.17. The van der Waals surface area contributed by atoms with Gasteiger partial charge in [-0.05, 0) is 44.9 Å². The molecule has 0 spiro atoms. The molecule has 2 unspecified atom stereocenters. The molecule has 0 aliphatic carbocycles. The van der Waals surface area contributed by atoms with Gasteiger partial charge in [0.25, 0.3) is 0 Å². The van der Waals surface area contributed by atoms with Gasteiger partial charge in [0.1, 0.15) is 11.6 Å². The van der Waals surface area contributed by atoms with Gasteiger partial charge in [0, 0.05) is 30.4 Å². The van der Waals surface area contributed by atoms with Crippen LogP contribution in [0.4, 0.5) is 11.6 Å². The molecular formula is C19H24N6O2S. The summed E-state index contributed by atoms with van der Waals surface area (Å²) in [4.78, 5) is 11.4. The molecule has 9 heteroatoms. The van der Waals surface area contributed by atoms with Crippen LogP contribution in [0.2, 0.25) is 0 Å². The lowest BCUT2D eigenvalue weighted by molar-refractivity contribution is 0.228. The minimum absolute atomic E-state index is 0.233. The molecule has 8 nitrogen and oxygen atoms in total. The lowest BCUT2D eigenvalue weighted by Crippen LogP contribution is -2.39. The smallest absolute Gasteiger partial charge is 0.245 e. The first-order chi connectivity index (χ1) is 13.5. The summed E-state index contributed by atoms with van der Waals surface area (Å²) in [5, 5.41) is 0. The topological polar surface area (TPSA) is 106 Å². The van der Waals surface area contributed by atoms with Crippen molar-refractivity contribution < 1.29 is 8.95 Å². The highest BCUT2D eigenvalue weighted by molar-refractivity contribution is 7.85. The molecule has 0 bridgehead atoms. The Labute approximate surface area is 167 Å². The fourth-order valence-corrected chi connectivity index (χ4v) is 4.37. The average Bonchev–Trinajstić information content (AvgIpc) is 2.65. The molecule has 0 saturated carbocycles. The maximum absolute atomic E-state index is 11.6. The van der Waals surface area contributed by atoms with E-state index in [2.05, 4.69) is 24.0 Å². The number of benzene rings is 1. The van der Waals surface area contributed by atoms with Gasteiger partial charge in [0.05, 0.1) is 17.9 Å². The van der Waals surface area contributed by atoms with Gasteiger partial charge < -0.3 is 15.4 Å². The SMILES string of the molecule is Cc1cc(C)nc(N2CCCC(COc3cccc4c3C(N)=NS(=O)N4)C2)n1. The number of nitrogens with one attached hydrogen (secondary N) is 1. The second kappa shape index (κ2) is 7.75. The summed E-state index contributed by atoms with van der Waals surface area (Å²) < 4.78 is 24.5. The highest BCUT2D eigenvalue weighted by Crippen LogP contribution is 2.30. The van der Waals surface area contributed by atoms with Crippen molar-refractivity contribution >= 4 is 28.6 Å². The van der Waals surface area contributed by atoms with Crippen LogP contribution in [0.25, 0.3) is 0 Å². The van der Waals surface area contributed by atoms with E-state index in [9.17, 15) is 4.21 Å². The van der Waals surface area contributed by atoms with Crippen LogP contribution in [0, 0.1) is 19.8 Å². The van der Waals surface area contributed by atoms with Crippen LogP contribution in [0.5, 0.6) is 5.75 Å². The van der Waals surface area contributed by atoms with E-state index in [1.165, 1.54) is 0 Å². The second-order valence-electron chi connectivity index (χ2n) is 7.22. The number of hydrogen-bond acceptors (Lipinski definition) is 6. The number of aromatic nitrogens is 2. The molecule has 148 valence electrons. The largest absolute Gasteiger partial charge is 0.492 e. The van der Waals surface area contributed by atoms with Crippen LogP contribution >= 0.6 is 0 Å². The van der Waals surface area contributed by atoms with Crippen LogP contribution in [0.3, 0.4) is 0 Å². The molecule has 28 heavy (non-hydrogen) atoms. The van der Waals surface area contributed by atoms with Crippen molar-refractivity contribution in [2.75, 3.05) is 29.3 Å². The molecule has 2 aliphatic rings. The van der Waals surface area contributed by atoms with Gasteiger partial charge in [0.2, 0.25) is 17.1 Å². The monoisotopic (exact) mass is 400 g/mol. The van der Waals surface area contributed by atoms with E-state index in [-0.39, 0.29) is 5.84 Å². The summed E-state index contributed by atoms with van der Waals surface area (Å²) in [5.74, 6) is 2.04. The minimum atomic E-state index is -1.54. The predicted molar refractivity (Wildman–Crippen MR) is 111 cm³/mol. The van der Waals surface area contributed by atoms with E-state index in [1.807, 2.05) is 38.1 Å². The van der Waals surface area contributed by atoms with Crippen molar-refractivity contribution in [2.24, 2.45) is 16.0 Å². The summed E-state index contributed by atoms with van der Waals surface area (Å²) in [6, 6.07) is 7.53. The number of rotatable bonds is 4. The number of aryl methyl sites for hydroxylation is 2. The Morgan fingerprint density at radius 1 is 1.32 bits per heavy atom. The zero-order chi connectivity index (χ0) is 19.7. The Hall–Kier alpha value is -2.68. The maximum atomic E-state index is 11.6. The standard InChI is InChI=1S/C19H24N6O2S/c1-12-9-13(2)22-19(21-12)25-8-4-5-14(10-25)11-27-16-7-3-6-15-17(16)18(20)24-28(26)23-15/h3,6-7,9,14,23H,4-5,8,10-11H2,1-2H3,(H2,20,24). The van der Waals surface area contributed by atoms with Crippen LogP contribution in [-0.2, 0) is 11.2 Å². The quantitative estimate of drug-likeness (QED) is 0.814. The molecule has 0 amide bonds. The molecule has 2 aliphatic heterocycles. The number of nitrogens with zero attached hydrogens (tertiary/aromatic N) is 4. The number of fused-ring (bicyclic) bond motifs is 1. The van der Waals surface area contributed by atoms with Crippen LogP contribution in [0.1, 0.15) is 29.8 Å². The second-order valence-corrected chi connectivity index (χ2v) is 8.11. The average molecular weight is 401 g/mol. The number of ether oxygens (including phenoxy) is 1. The van der Waals surface area contributed by atoms with Crippen molar-refractivity contribution in [1.29, 1.82) is 0 Å². The predicted octanol–water partition coefficient (Wildman–Crippen LogP) is 2.10. The first kappa shape index (κ1) is 18.7. The zero-order valence-corrected chi connectivity index (χ0v) is 16.8. The molecule has 1 saturated heterocycles. The van der Waals surface area contributed by atoms with Gasteiger partial charge >= 0.3 is 0 Å². The lowest BCUT2D eigenvalue weighted by Gasteiger charge is -2.33. The Morgan fingerprint density at radius 3 is 2.89 bits per heavy atom. The van der Waals surface area contributed by atoms with Crippen molar-refractivity contribution in [3.05, 3.63) is 41.2 Å². The van der Waals surface area contributed by atoms with Gasteiger partial charge in [-0.15, -0.1) is 0 Å². The summed E-state index contributed by atoms with van der Waals surface area (Å²) in [7, 11) is 0. The number of nitrogens with two attached hydrogens (primary N) is 1. The molecular weight excluding hydrogens is 376 g/mol. The van der Waals surface area contributed by atoms with Gasteiger partial charge in [0.15, 0.2) is 0 Å². The molecule has 3 N–H and O–H groups in total. The summed E-state index contributed by atoms with van der Waals surface area (Å²) in [6.07, 6.45) is 2.16. The van der Waals surface area contributed by atoms with Crippen molar-refractivity contribution in [1.82, 2.24) is 9.97 Å². The van der Waals surface area contributed by atoms with Gasteiger partial charge in [-0.25, -0.2) is 14.2 Å². The molecule has 1 aromatic heterocycles. The molecule has 4 rings (SSSR count). The summed E-state index contributed by atoms with van der Waals surface area (Å²) in [6.45, 7) is 6.36. The fourth-order valence-electron chi connectivity index (χ4n) is 3.69. The Morgan fingerprint density at radius 2 is 2.11 bits per heavy atom. The van der Waals surface area contributed by atoms with E-state index in [0.29, 0.717) is 29.5 Å². The lowest BCUT2D eigenvalue weighted by atomic mass is 9.99. The molecule has 3 heterocycles. The highest BCUT2D eigenvalue weighted by Gasteiger charge is 2.25. The van der Waals surface area contributed by atoms with Crippen LogP contribution in [0.15, 0.2) is 28.7 Å². The van der Waals surface area contributed by atoms with Crippen molar-refractivity contribution in [3.63, 3.8) is 0 Å². The molecule has 1 fully saturated rings. The van der Waals surface area contributed by atoms with E-state index >= 15 is 0 Å². The summed E-state index contributed by atoms with van der Waals surface area (Å²) >= 11 is -1.54. The molecule has 1 aromatic carbocycles. The fraction of sp³-hybridized carbons (Fsp3) is 0.421. The minimum Gasteiger partial charge on any atom is -0.492 e. The molecule has 0 radical (unpaired) electrons. The summed E-state index contributed by atoms with van der Waals surface area (Å²) in [5.41, 5.74) is 9.30. The highest BCUT2D eigenvalue weighted by atomic mass is 32.2. The van der Waals surface area contributed by atoms with Gasteiger partial charge in [-0.2, -0.15) is 4.40 Å². The zero-order valence-electron chi connectivity index (χ0n) is 16.0. The third-order valence-electron chi connectivity index (χ3n) is 4.91. The third-order valence-corrected chi connectivity index (χ3v) is 5.66. The van der Waals surface area contributed by atoms with Gasteiger partial charge in [-0.3, -0.25) is 4.72 Å². The van der Waals surface area contributed by atoms with Crippen LogP contribution < -0.4 is 20.1 Å². The first-order valence-corrected chi connectivity index (χ1v) is 10.5. The number of anilines is 2. The normalized spacial score (nSPS) is 21.5. The molecule has 2 atom stereocenters. The number of amidine groups is 1. The number of hydrogen-bond donors (Lipinski definition) is 2. The third kappa shape index (κ3) is 3.94. The Balaban J connectivity index is 1.46.